The molecule has 2 aromatic rings. The van der Waals surface area contributed by atoms with Crippen LogP contribution in [0.4, 0.5) is 0 Å². The fourth-order valence-corrected chi connectivity index (χ4v) is 2.85. The molecule has 0 bridgehead atoms. The second-order valence-electron chi connectivity index (χ2n) is 5.29. The second kappa shape index (κ2) is 5.53. The van der Waals surface area contributed by atoms with Gasteiger partial charge in [-0.2, -0.15) is 5.10 Å². The minimum atomic E-state index is -0.0225. The van der Waals surface area contributed by atoms with Crippen LogP contribution in [0.25, 0.3) is 0 Å². The molecule has 20 heavy (non-hydrogen) atoms. The van der Waals surface area contributed by atoms with Gasteiger partial charge in [0.05, 0.1) is 18.5 Å². The van der Waals surface area contributed by atoms with E-state index >= 15 is 0 Å². The Morgan fingerprint density at radius 1 is 1.40 bits per heavy atom. The molecule has 5 nitrogen and oxygen atoms in total. The van der Waals surface area contributed by atoms with Gasteiger partial charge in [-0.15, -0.1) is 0 Å². The maximum absolute atomic E-state index is 12.6. The molecular weight excluding hydrogens is 254 g/mol. The van der Waals surface area contributed by atoms with Gasteiger partial charge in [0, 0.05) is 25.4 Å². The van der Waals surface area contributed by atoms with Crippen molar-refractivity contribution in [1.82, 2.24) is 14.7 Å². The number of hydrogen-bond donors (Lipinski definition) is 0. The molecule has 2 aromatic heterocycles. The SMILES string of the molecule is Cn1cc(C2CCCCCN2C(=O)c2ccco2)cn1. The van der Waals surface area contributed by atoms with Crippen LogP contribution in [0.15, 0.2) is 35.2 Å². The summed E-state index contributed by atoms with van der Waals surface area (Å²) in [6, 6.07) is 3.58. The maximum Gasteiger partial charge on any atom is 0.290 e. The van der Waals surface area contributed by atoms with E-state index in [0.717, 1.165) is 31.4 Å². The molecule has 1 fully saturated rings. The first-order valence-electron chi connectivity index (χ1n) is 7.09. The van der Waals surface area contributed by atoms with E-state index in [1.165, 1.54) is 6.42 Å². The molecule has 0 saturated carbocycles. The molecule has 1 unspecified atom stereocenters. The number of furan rings is 1. The molecule has 1 aliphatic rings. The lowest BCUT2D eigenvalue weighted by molar-refractivity contribution is 0.0648. The normalized spacial score (nSPS) is 19.9. The van der Waals surface area contributed by atoms with E-state index in [1.54, 1.807) is 23.1 Å². The minimum absolute atomic E-state index is 0.0225. The molecule has 1 amide bonds. The number of carbonyl (C=O) groups is 1. The summed E-state index contributed by atoms with van der Waals surface area (Å²) in [5, 5.41) is 4.23. The lowest BCUT2D eigenvalue weighted by Crippen LogP contribution is -2.34. The smallest absolute Gasteiger partial charge is 0.290 e. The summed E-state index contributed by atoms with van der Waals surface area (Å²) >= 11 is 0. The number of hydrogen-bond acceptors (Lipinski definition) is 3. The lowest BCUT2D eigenvalue weighted by atomic mass is 10.0. The van der Waals surface area contributed by atoms with Crippen molar-refractivity contribution in [2.75, 3.05) is 6.54 Å². The topological polar surface area (TPSA) is 51.3 Å². The van der Waals surface area contributed by atoms with Crippen LogP contribution in [-0.4, -0.2) is 27.1 Å². The van der Waals surface area contributed by atoms with E-state index in [-0.39, 0.29) is 11.9 Å². The molecule has 106 valence electrons. The zero-order valence-corrected chi connectivity index (χ0v) is 11.7. The summed E-state index contributed by atoms with van der Waals surface area (Å²) in [6.45, 7) is 0.777. The van der Waals surface area contributed by atoms with Crippen LogP contribution in [0, 0.1) is 0 Å². The Kier molecular flexibility index (Phi) is 3.58. The Balaban J connectivity index is 1.89. The van der Waals surface area contributed by atoms with Gasteiger partial charge < -0.3 is 9.32 Å². The Labute approximate surface area is 118 Å². The van der Waals surface area contributed by atoms with Gasteiger partial charge in [-0.05, 0) is 25.0 Å². The van der Waals surface area contributed by atoms with E-state index in [0.29, 0.717) is 5.76 Å². The van der Waals surface area contributed by atoms with Gasteiger partial charge >= 0.3 is 0 Å². The van der Waals surface area contributed by atoms with Crippen molar-refractivity contribution in [2.45, 2.75) is 31.7 Å². The van der Waals surface area contributed by atoms with Crippen LogP contribution in [0.3, 0.4) is 0 Å². The monoisotopic (exact) mass is 273 g/mol. The first-order valence-corrected chi connectivity index (χ1v) is 7.09. The lowest BCUT2D eigenvalue weighted by Gasteiger charge is -2.28. The summed E-state index contributed by atoms with van der Waals surface area (Å²) in [5.74, 6) is 0.395. The van der Waals surface area contributed by atoms with Crippen molar-refractivity contribution in [1.29, 1.82) is 0 Å². The number of nitrogens with zero attached hydrogens (tertiary/aromatic N) is 3. The summed E-state index contributed by atoms with van der Waals surface area (Å²) < 4.78 is 7.05. The predicted molar refractivity (Wildman–Crippen MR) is 74.2 cm³/mol. The third kappa shape index (κ3) is 2.48. The van der Waals surface area contributed by atoms with Gasteiger partial charge in [-0.25, -0.2) is 0 Å². The molecule has 0 aromatic carbocycles. The van der Waals surface area contributed by atoms with Crippen molar-refractivity contribution in [3.05, 3.63) is 42.1 Å². The fourth-order valence-electron chi connectivity index (χ4n) is 2.85. The molecule has 0 spiro atoms. The Morgan fingerprint density at radius 2 is 2.30 bits per heavy atom. The van der Waals surface area contributed by atoms with Crippen LogP contribution in [0.1, 0.15) is 47.8 Å². The minimum Gasteiger partial charge on any atom is -0.459 e. The Morgan fingerprint density at radius 3 is 3.00 bits per heavy atom. The Bertz CT molecular complexity index is 574. The summed E-state index contributed by atoms with van der Waals surface area (Å²) in [6.07, 6.45) is 9.74. The highest BCUT2D eigenvalue weighted by atomic mass is 16.3. The van der Waals surface area contributed by atoms with Crippen molar-refractivity contribution in [3.63, 3.8) is 0 Å². The highest BCUT2D eigenvalue weighted by Gasteiger charge is 2.29. The van der Waals surface area contributed by atoms with Crippen LogP contribution in [-0.2, 0) is 7.05 Å². The molecule has 1 aliphatic heterocycles. The fraction of sp³-hybridized carbons (Fsp3) is 0.467. The van der Waals surface area contributed by atoms with Gasteiger partial charge in [0.25, 0.3) is 5.91 Å². The summed E-state index contributed by atoms with van der Waals surface area (Å²) in [7, 11) is 1.90. The van der Waals surface area contributed by atoms with Crippen LogP contribution in [0.2, 0.25) is 0 Å². The van der Waals surface area contributed by atoms with Gasteiger partial charge in [-0.1, -0.05) is 12.8 Å². The first kappa shape index (κ1) is 13.0. The number of rotatable bonds is 2. The van der Waals surface area contributed by atoms with Crippen LogP contribution in [0.5, 0.6) is 0 Å². The highest BCUT2D eigenvalue weighted by Crippen LogP contribution is 2.31. The van der Waals surface area contributed by atoms with Crippen molar-refractivity contribution in [3.8, 4) is 0 Å². The molecule has 5 heteroatoms. The first-order chi connectivity index (χ1) is 9.75. The van der Waals surface area contributed by atoms with E-state index in [1.807, 2.05) is 24.3 Å². The largest absolute Gasteiger partial charge is 0.459 e. The van der Waals surface area contributed by atoms with Crippen LogP contribution < -0.4 is 0 Å². The number of aryl methyl sites for hydroxylation is 1. The molecular formula is C15H19N3O2. The number of likely N-dealkylation sites (tertiary alicyclic amines) is 1. The van der Waals surface area contributed by atoms with Gasteiger partial charge in [0.2, 0.25) is 0 Å². The number of carbonyl (C=O) groups excluding carboxylic acids is 1. The molecule has 1 saturated heterocycles. The van der Waals surface area contributed by atoms with Gasteiger partial charge in [0.1, 0.15) is 0 Å². The van der Waals surface area contributed by atoms with E-state index in [4.69, 9.17) is 4.42 Å². The molecule has 0 radical (unpaired) electrons. The zero-order valence-electron chi connectivity index (χ0n) is 11.7. The van der Waals surface area contributed by atoms with E-state index < -0.39 is 0 Å². The zero-order chi connectivity index (χ0) is 13.9. The molecule has 3 rings (SSSR count). The average Bonchev–Trinajstić information content (AvgIpc) is 3.05. The van der Waals surface area contributed by atoms with Crippen molar-refractivity contribution in [2.24, 2.45) is 7.05 Å². The maximum atomic E-state index is 12.6. The average molecular weight is 273 g/mol. The van der Waals surface area contributed by atoms with E-state index in [9.17, 15) is 4.79 Å². The number of amides is 1. The van der Waals surface area contributed by atoms with Crippen molar-refractivity contribution >= 4 is 5.91 Å². The second-order valence-corrected chi connectivity index (χ2v) is 5.29. The molecule has 0 aliphatic carbocycles. The third-order valence-corrected chi connectivity index (χ3v) is 3.86. The quantitative estimate of drug-likeness (QED) is 0.845. The van der Waals surface area contributed by atoms with Gasteiger partial charge in [-0.3, -0.25) is 9.48 Å². The highest BCUT2D eigenvalue weighted by molar-refractivity contribution is 5.91. The number of aromatic nitrogens is 2. The van der Waals surface area contributed by atoms with E-state index in [2.05, 4.69) is 5.10 Å². The standard InChI is InChI=1S/C15H19N3O2/c1-17-11-12(10-16-17)13-6-3-2-4-8-18(13)15(19)14-7-5-9-20-14/h5,7,9-11,13H,2-4,6,8H2,1H3. The molecule has 1 atom stereocenters. The third-order valence-electron chi connectivity index (χ3n) is 3.86. The summed E-state index contributed by atoms with van der Waals surface area (Å²) in [5.41, 5.74) is 1.11. The molecule has 3 heterocycles. The Hall–Kier alpha value is -2.04. The van der Waals surface area contributed by atoms with Gasteiger partial charge in [0.15, 0.2) is 5.76 Å². The van der Waals surface area contributed by atoms with Crippen molar-refractivity contribution < 1.29 is 9.21 Å². The summed E-state index contributed by atoms with van der Waals surface area (Å²) in [4.78, 5) is 14.5. The predicted octanol–water partition coefficient (Wildman–Crippen LogP) is 2.77. The van der Waals surface area contributed by atoms with Crippen LogP contribution >= 0.6 is 0 Å². The molecule has 0 N–H and O–H groups in total.